The third-order valence-corrected chi connectivity index (χ3v) is 9.21. The summed E-state index contributed by atoms with van der Waals surface area (Å²) >= 11 is 0. The van der Waals surface area contributed by atoms with Crippen molar-refractivity contribution in [2.45, 2.75) is 52.4 Å². The first-order chi connectivity index (χ1) is 23.5. The van der Waals surface area contributed by atoms with Gasteiger partial charge in [0.15, 0.2) is 0 Å². The first kappa shape index (κ1) is 30.6. The van der Waals surface area contributed by atoms with Crippen LogP contribution in [-0.2, 0) is 10.8 Å². The summed E-state index contributed by atoms with van der Waals surface area (Å²) in [5.74, 6) is 2.24. The number of benzene rings is 4. The molecule has 8 aromatic rings. The minimum absolute atomic E-state index is 0.000937. The van der Waals surface area contributed by atoms with Gasteiger partial charge >= 0.3 is 0 Å². The average molecular weight is 642 g/mol. The van der Waals surface area contributed by atoms with E-state index in [9.17, 15) is 0 Å². The Morgan fingerprint density at radius 3 is 2.18 bits per heavy atom. The maximum Gasteiger partial charge on any atom is 0.269 e. The number of fused-ring (bicyclic) bond motifs is 4. The van der Waals surface area contributed by atoms with Crippen LogP contribution in [-0.4, -0.2) is 19.1 Å². The second-order valence-electron chi connectivity index (χ2n) is 14.7. The summed E-state index contributed by atoms with van der Waals surface area (Å²) < 4.78 is 12.9. The molecule has 0 saturated heterocycles. The maximum atomic E-state index is 6.54. The number of hydrogen-bond donors (Lipinski definition) is 0. The first-order valence-electron chi connectivity index (χ1n) is 16.7. The lowest BCUT2D eigenvalue weighted by Crippen LogP contribution is -2.30. The lowest BCUT2D eigenvalue weighted by molar-refractivity contribution is -0.572. The van der Waals surface area contributed by atoms with Gasteiger partial charge in [0, 0.05) is 29.2 Å². The van der Waals surface area contributed by atoms with E-state index in [1.54, 1.807) is 6.20 Å². The van der Waals surface area contributed by atoms with Gasteiger partial charge in [-0.2, -0.15) is 0 Å². The Morgan fingerprint density at radius 2 is 1.37 bits per heavy atom. The number of aromatic nitrogens is 5. The van der Waals surface area contributed by atoms with Gasteiger partial charge in [0.25, 0.3) is 6.33 Å². The van der Waals surface area contributed by atoms with Gasteiger partial charge in [-0.05, 0) is 70.5 Å². The SMILES string of the molecule is CC(C)(C)c1cccc(-[n+]2[c-]n(-c3cncc(Oc4ccc5c6ccccc6n(-c6cc(C(C)(C)C)ccn6)c5c4)c3)c3ccccc32)c1. The molecular weight excluding hydrogens is 603 g/mol. The van der Waals surface area contributed by atoms with Crippen molar-refractivity contribution in [3.63, 3.8) is 0 Å². The van der Waals surface area contributed by atoms with Crippen LogP contribution in [0.5, 0.6) is 11.5 Å². The fraction of sp³-hybridized carbons (Fsp3) is 0.186. The fourth-order valence-corrected chi connectivity index (χ4v) is 6.54. The zero-order chi connectivity index (χ0) is 33.9. The Labute approximate surface area is 286 Å². The number of ether oxygens (including phenoxy) is 1. The normalized spacial score (nSPS) is 12.3. The van der Waals surface area contributed by atoms with Crippen LogP contribution >= 0.6 is 0 Å². The first-order valence-corrected chi connectivity index (χ1v) is 16.7. The molecule has 242 valence electrons. The molecular formula is C43H39N5O. The molecule has 0 bridgehead atoms. The maximum absolute atomic E-state index is 6.54. The van der Waals surface area contributed by atoms with Crippen LogP contribution < -0.4 is 9.30 Å². The summed E-state index contributed by atoms with van der Waals surface area (Å²) in [5.41, 5.74) is 8.69. The quantitative estimate of drug-likeness (QED) is 0.139. The highest BCUT2D eigenvalue weighted by Crippen LogP contribution is 2.36. The van der Waals surface area contributed by atoms with E-state index in [0.29, 0.717) is 5.75 Å². The molecule has 8 rings (SSSR count). The molecule has 0 aliphatic rings. The molecule has 0 saturated carbocycles. The van der Waals surface area contributed by atoms with Gasteiger partial charge in [-0.25, -0.2) is 4.98 Å². The highest BCUT2D eigenvalue weighted by Gasteiger charge is 2.19. The summed E-state index contributed by atoms with van der Waals surface area (Å²) in [6.07, 6.45) is 9.11. The van der Waals surface area contributed by atoms with E-state index in [0.717, 1.165) is 50.4 Å². The minimum Gasteiger partial charge on any atom is -0.456 e. The van der Waals surface area contributed by atoms with Crippen molar-refractivity contribution in [2.24, 2.45) is 0 Å². The Morgan fingerprint density at radius 1 is 0.633 bits per heavy atom. The zero-order valence-corrected chi connectivity index (χ0v) is 28.8. The molecule has 0 atom stereocenters. The lowest BCUT2D eigenvalue weighted by Gasteiger charge is -2.20. The second kappa shape index (κ2) is 11.4. The molecule has 6 nitrogen and oxygen atoms in total. The van der Waals surface area contributed by atoms with Crippen LogP contribution in [0.15, 0.2) is 128 Å². The van der Waals surface area contributed by atoms with Crippen molar-refractivity contribution in [1.82, 2.24) is 19.1 Å². The van der Waals surface area contributed by atoms with E-state index in [1.165, 1.54) is 16.5 Å². The molecule has 6 heteroatoms. The number of hydrogen-bond acceptors (Lipinski definition) is 3. The third-order valence-electron chi connectivity index (χ3n) is 9.21. The molecule has 0 aliphatic carbocycles. The monoisotopic (exact) mass is 641 g/mol. The molecule has 0 fully saturated rings. The molecule has 0 unspecified atom stereocenters. The molecule has 4 aromatic carbocycles. The predicted octanol–water partition coefficient (Wildman–Crippen LogP) is 9.98. The smallest absolute Gasteiger partial charge is 0.269 e. The van der Waals surface area contributed by atoms with Gasteiger partial charge < -0.3 is 4.74 Å². The zero-order valence-electron chi connectivity index (χ0n) is 28.8. The van der Waals surface area contributed by atoms with Crippen molar-refractivity contribution in [1.29, 1.82) is 0 Å². The molecule has 0 N–H and O–H groups in total. The van der Waals surface area contributed by atoms with Crippen molar-refractivity contribution >= 4 is 32.8 Å². The number of pyridine rings is 2. The van der Waals surface area contributed by atoms with Gasteiger partial charge in [-0.3, -0.25) is 18.7 Å². The molecule has 0 spiro atoms. The van der Waals surface area contributed by atoms with Gasteiger partial charge in [0.05, 0.1) is 39.6 Å². The van der Waals surface area contributed by atoms with E-state index in [-0.39, 0.29) is 10.8 Å². The molecule has 0 radical (unpaired) electrons. The Hall–Kier alpha value is -5.75. The summed E-state index contributed by atoms with van der Waals surface area (Å²) in [6.45, 7) is 13.4. The predicted molar refractivity (Wildman–Crippen MR) is 197 cm³/mol. The lowest BCUT2D eigenvalue weighted by atomic mass is 9.87. The van der Waals surface area contributed by atoms with Crippen LogP contribution in [0.3, 0.4) is 0 Å². The van der Waals surface area contributed by atoms with Gasteiger partial charge in [-0.15, -0.1) is 0 Å². The number of nitrogens with zero attached hydrogens (tertiary/aromatic N) is 5. The molecule has 49 heavy (non-hydrogen) atoms. The topological polar surface area (TPSA) is 48.8 Å². The molecule has 0 amide bonds. The third kappa shape index (κ3) is 5.53. The number of imidazole rings is 1. The van der Waals surface area contributed by atoms with Crippen molar-refractivity contribution in [3.8, 4) is 28.7 Å². The van der Waals surface area contributed by atoms with E-state index >= 15 is 0 Å². The van der Waals surface area contributed by atoms with E-state index in [4.69, 9.17) is 9.72 Å². The van der Waals surface area contributed by atoms with E-state index in [2.05, 4.69) is 159 Å². The highest BCUT2D eigenvalue weighted by atomic mass is 16.5. The summed E-state index contributed by atoms with van der Waals surface area (Å²) in [5, 5.41) is 2.32. The summed E-state index contributed by atoms with van der Waals surface area (Å²) in [7, 11) is 0. The van der Waals surface area contributed by atoms with Crippen molar-refractivity contribution in [2.75, 3.05) is 0 Å². The van der Waals surface area contributed by atoms with Crippen LogP contribution in [0.25, 0.3) is 50.0 Å². The van der Waals surface area contributed by atoms with Crippen molar-refractivity contribution < 1.29 is 9.30 Å². The van der Waals surface area contributed by atoms with Crippen LogP contribution in [0.4, 0.5) is 0 Å². The number of rotatable bonds is 5. The largest absolute Gasteiger partial charge is 0.456 e. The summed E-state index contributed by atoms with van der Waals surface area (Å²) in [4.78, 5) is 9.42. The van der Waals surface area contributed by atoms with Crippen molar-refractivity contribution in [3.05, 3.63) is 145 Å². The second-order valence-corrected chi connectivity index (χ2v) is 14.7. The minimum atomic E-state index is 0.000937. The van der Waals surface area contributed by atoms with Crippen LogP contribution in [0.2, 0.25) is 0 Å². The van der Waals surface area contributed by atoms with E-state index < -0.39 is 0 Å². The highest BCUT2D eigenvalue weighted by molar-refractivity contribution is 6.09. The fourth-order valence-electron chi connectivity index (χ4n) is 6.54. The average Bonchev–Trinajstić information content (AvgIpc) is 3.64. The Bertz CT molecular complexity index is 2510. The van der Waals surface area contributed by atoms with Crippen LogP contribution in [0, 0.1) is 6.33 Å². The van der Waals surface area contributed by atoms with E-state index in [1.807, 2.05) is 29.1 Å². The number of para-hydroxylation sites is 3. The Kier molecular flexibility index (Phi) is 7.14. The Balaban J connectivity index is 1.20. The molecule has 4 heterocycles. The molecule has 0 aliphatic heterocycles. The van der Waals surface area contributed by atoms with Gasteiger partial charge in [-0.1, -0.05) is 96.1 Å². The standard InChI is InChI=1S/C43H39N5O/c1-42(2,3)29-12-11-13-31(22-29)46-28-47(39-17-10-9-16-38(39)46)32-24-34(27-44-26-32)49-33-18-19-36-35-14-7-8-15-37(35)48(40(36)25-33)41-23-30(20-21-45-41)43(4,5)6/h7-27H,1-6H3. The van der Waals surface area contributed by atoms with Gasteiger partial charge in [0.1, 0.15) is 17.3 Å². The van der Waals surface area contributed by atoms with Gasteiger partial charge in [0.2, 0.25) is 0 Å². The molecule has 4 aromatic heterocycles. The van der Waals surface area contributed by atoms with Crippen LogP contribution in [0.1, 0.15) is 52.7 Å². The summed E-state index contributed by atoms with van der Waals surface area (Å²) in [6, 6.07) is 38.1.